The maximum atomic E-state index is 3.88. The van der Waals surface area contributed by atoms with E-state index in [2.05, 4.69) is 151 Å². The number of hydrogen-bond donors (Lipinski definition) is 0. The number of rotatable bonds is 2. The maximum absolute atomic E-state index is 3.88. The van der Waals surface area contributed by atoms with Crippen LogP contribution in [0.1, 0.15) is 76.6 Å². The first-order valence-electron chi connectivity index (χ1n) is 15.0. The Morgan fingerprint density at radius 2 is 1.11 bits per heavy atom. The van der Waals surface area contributed by atoms with Gasteiger partial charge in [-0.25, -0.2) is 0 Å². The van der Waals surface area contributed by atoms with Crippen LogP contribution in [-0.2, 0) is 43.5 Å². The van der Waals surface area contributed by atoms with E-state index in [0.717, 1.165) is 6.42 Å². The zero-order valence-electron chi connectivity index (χ0n) is 26.7. The Morgan fingerprint density at radius 1 is 0.591 bits per heavy atom. The normalized spacial score (nSPS) is 14.0. The molecule has 0 amide bonds. The molecule has 0 aliphatic heterocycles. The molecular weight excluding hydrogens is 655 g/mol. The predicted molar refractivity (Wildman–Crippen MR) is 176 cm³/mol. The number of allylic oxidation sites excluding steroid dienone is 6. The van der Waals surface area contributed by atoms with Gasteiger partial charge < -0.3 is 24.8 Å². The molecule has 3 aliphatic rings. The second-order valence-electron chi connectivity index (χ2n) is 13.7. The zero-order valence-corrected chi connectivity index (χ0v) is 30.7. The number of fused-ring (bicyclic) bond motifs is 3. The molecule has 0 nitrogen and oxygen atoms in total. The summed E-state index contributed by atoms with van der Waals surface area (Å²) in [6, 6.07) is 32.8. The molecule has 1 radical (unpaired) electrons. The molecule has 0 atom stereocenters. The van der Waals surface area contributed by atoms with Crippen molar-refractivity contribution >= 4 is 0 Å². The third-order valence-electron chi connectivity index (χ3n) is 8.39. The van der Waals surface area contributed by atoms with Crippen LogP contribution in [0, 0.1) is 6.07 Å². The van der Waals surface area contributed by atoms with Gasteiger partial charge in [0.15, 0.2) is 0 Å². The van der Waals surface area contributed by atoms with Gasteiger partial charge in [-0.3, -0.25) is 0 Å². The van der Waals surface area contributed by atoms with E-state index >= 15 is 0 Å². The molecule has 4 aromatic rings. The van der Waals surface area contributed by atoms with Crippen molar-refractivity contribution in [3.8, 4) is 33.4 Å². The summed E-state index contributed by atoms with van der Waals surface area (Å²) in [6.45, 7) is 13.9. The third-order valence-corrected chi connectivity index (χ3v) is 8.39. The molecule has 0 N–H and O–H groups in total. The molecule has 1 fully saturated rings. The minimum absolute atomic E-state index is 0. The zero-order chi connectivity index (χ0) is 28.8. The smallest absolute Gasteiger partial charge is 1.00 e. The van der Waals surface area contributed by atoms with E-state index in [1.807, 2.05) is 0 Å². The SMILES string of the molecule is C1=CC(=C2CC2)C=C1.CC(C)(C)c1cc2c([c-]c1-c1ccccc1)Cc1cc(-c3ccccc3)c(C(C)(C)C)cc1-2.[Cl-].[Cl-].[Zr+3]. The van der Waals surface area contributed by atoms with Crippen molar-refractivity contribution in [1.29, 1.82) is 0 Å². The van der Waals surface area contributed by atoms with Crippen molar-refractivity contribution in [2.24, 2.45) is 0 Å². The standard InChI is InChI=1S/C33H33.C8H8.2ClH.Zr/c1-32(2,3)30-20-26-24(18-28(30)22-13-9-7-10-14-22)17-25-19-29(23-15-11-8-12-16-23)31(21-27(25)26)33(4,5)6;1-2-4-7(3-1)8-5-6-8;;;/h7-16,18,20-21H,17H2,1-6H3;1-4H,5-6H2;2*1H;/q-1;;;;+3/p-2. The van der Waals surface area contributed by atoms with Gasteiger partial charge in [-0.05, 0) is 57.9 Å². The predicted octanol–water partition coefficient (Wildman–Crippen LogP) is 5.20. The monoisotopic (exact) mass is 693 g/mol. The molecule has 3 heteroatoms. The van der Waals surface area contributed by atoms with Crippen LogP contribution in [-0.4, -0.2) is 0 Å². The van der Waals surface area contributed by atoms with Gasteiger partial charge in [-0.15, -0.1) is 28.8 Å². The minimum atomic E-state index is 0. The molecule has 0 spiro atoms. The summed E-state index contributed by atoms with van der Waals surface area (Å²) in [7, 11) is 0. The van der Waals surface area contributed by atoms with Crippen molar-refractivity contribution in [2.75, 3.05) is 0 Å². The molecule has 3 aliphatic carbocycles. The molecule has 1 saturated carbocycles. The van der Waals surface area contributed by atoms with Gasteiger partial charge in [0.2, 0.25) is 0 Å². The summed E-state index contributed by atoms with van der Waals surface area (Å²) in [5, 5.41) is 0. The Morgan fingerprint density at radius 3 is 1.64 bits per heavy atom. The first-order valence-corrected chi connectivity index (χ1v) is 15.0. The summed E-state index contributed by atoms with van der Waals surface area (Å²) in [5.41, 5.74) is 16.6. The maximum Gasteiger partial charge on any atom is 3.00 e. The van der Waals surface area contributed by atoms with E-state index in [9.17, 15) is 0 Å². The summed E-state index contributed by atoms with van der Waals surface area (Å²) >= 11 is 0. The van der Waals surface area contributed by atoms with Gasteiger partial charge in [-0.1, -0.05) is 161 Å². The fraction of sp³-hybridized carbons (Fsp3) is 0.268. The van der Waals surface area contributed by atoms with Crippen LogP contribution in [0.15, 0.2) is 114 Å². The van der Waals surface area contributed by atoms with Crippen molar-refractivity contribution in [2.45, 2.75) is 71.6 Å². The molecule has 7 rings (SSSR count). The Bertz CT molecular complexity index is 1570. The summed E-state index contributed by atoms with van der Waals surface area (Å²) in [6.07, 6.45) is 12.2. The summed E-state index contributed by atoms with van der Waals surface area (Å²) in [4.78, 5) is 0. The molecule has 0 unspecified atom stereocenters. The van der Waals surface area contributed by atoms with Crippen LogP contribution in [0.3, 0.4) is 0 Å². The summed E-state index contributed by atoms with van der Waals surface area (Å²) in [5.74, 6) is 0. The molecule has 0 bridgehead atoms. The number of hydrogen-bond acceptors (Lipinski definition) is 0. The van der Waals surface area contributed by atoms with Crippen LogP contribution in [0.25, 0.3) is 33.4 Å². The van der Waals surface area contributed by atoms with E-state index < -0.39 is 0 Å². The Kier molecular flexibility index (Phi) is 11.7. The van der Waals surface area contributed by atoms with E-state index in [1.165, 1.54) is 74.0 Å². The Hall–Kier alpha value is -2.44. The molecule has 0 saturated heterocycles. The second kappa shape index (κ2) is 14.3. The average Bonchev–Trinajstić information content (AvgIpc) is 3.53. The van der Waals surface area contributed by atoms with Gasteiger partial charge >= 0.3 is 26.2 Å². The Labute approximate surface area is 296 Å². The number of benzene rings is 4. The van der Waals surface area contributed by atoms with Crippen molar-refractivity contribution in [3.05, 3.63) is 143 Å². The second-order valence-corrected chi connectivity index (χ2v) is 13.7. The van der Waals surface area contributed by atoms with E-state index in [0.29, 0.717) is 0 Å². The van der Waals surface area contributed by atoms with Crippen LogP contribution < -0.4 is 24.8 Å². The van der Waals surface area contributed by atoms with Gasteiger partial charge in [0.05, 0.1) is 0 Å². The average molecular weight is 696 g/mol. The molecular formula is C41H41Cl2Zr. The van der Waals surface area contributed by atoms with E-state index in [-0.39, 0.29) is 61.8 Å². The van der Waals surface area contributed by atoms with Crippen LogP contribution in [0.5, 0.6) is 0 Å². The van der Waals surface area contributed by atoms with Gasteiger partial charge in [0.25, 0.3) is 0 Å². The van der Waals surface area contributed by atoms with E-state index in [4.69, 9.17) is 0 Å². The van der Waals surface area contributed by atoms with Crippen molar-refractivity contribution < 1.29 is 51.0 Å². The van der Waals surface area contributed by atoms with E-state index in [1.54, 1.807) is 5.57 Å². The molecule has 223 valence electrons. The van der Waals surface area contributed by atoms with Gasteiger partial charge in [0, 0.05) is 0 Å². The fourth-order valence-corrected chi connectivity index (χ4v) is 6.06. The number of halogens is 2. The van der Waals surface area contributed by atoms with Crippen LogP contribution in [0.4, 0.5) is 0 Å². The molecule has 4 aromatic carbocycles. The molecule has 44 heavy (non-hydrogen) atoms. The topological polar surface area (TPSA) is 0 Å². The minimum Gasteiger partial charge on any atom is -1.00 e. The fourth-order valence-electron chi connectivity index (χ4n) is 6.06. The Balaban J connectivity index is 0.000000416. The van der Waals surface area contributed by atoms with Gasteiger partial charge in [0.1, 0.15) is 0 Å². The quantitative estimate of drug-likeness (QED) is 0.223. The first kappa shape index (κ1) is 36.0. The van der Waals surface area contributed by atoms with Crippen LogP contribution in [0.2, 0.25) is 0 Å². The molecule has 0 aromatic heterocycles. The van der Waals surface area contributed by atoms with Gasteiger partial charge in [-0.2, -0.15) is 0 Å². The molecule has 0 heterocycles. The van der Waals surface area contributed by atoms with Crippen LogP contribution >= 0.6 is 0 Å². The summed E-state index contributed by atoms with van der Waals surface area (Å²) < 4.78 is 0. The third kappa shape index (κ3) is 7.67. The van der Waals surface area contributed by atoms with Crippen molar-refractivity contribution in [1.82, 2.24) is 0 Å². The van der Waals surface area contributed by atoms with Crippen molar-refractivity contribution in [3.63, 3.8) is 0 Å². The first-order chi connectivity index (χ1) is 19.6. The largest absolute Gasteiger partial charge is 3.00 e.